The van der Waals surface area contributed by atoms with Crippen LogP contribution >= 0.6 is 0 Å². The van der Waals surface area contributed by atoms with E-state index in [1.165, 1.54) is 19.3 Å². The lowest BCUT2D eigenvalue weighted by Crippen LogP contribution is -2.63. The third-order valence-electron chi connectivity index (χ3n) is 9.31. The van der Waals surface area contributed by atoms with Crippen LogP contribution in [0.5, 0.6) is 17.2 Å². The highest BCUT2D eigenvalue weighted by Crippen LogP contribution is 2.59. The van der Waals surface area contributed by atoms with Crippen molar-refractivity contribution in [1.29, 1.82) is 0 Å². The summed E-state index contributed by atoms with van der Waals surface area (Å²) in [6, 6.07) is 20.4. The number of carbonyl (C=O) groups excluding carboxylic acids is 1. The Hall–Kier alpha value is -3.31. The summed E-state index contributed by atoms with van der Waals surface area (Å²) in [5.74, 6) is 2.72. The number of amides is 1. The van der Waals surface area contributed by atoms with Crippen molar-refractivity contribution in [2.75, 3.05) is 13.4 Å². The maximum atomic E-state index is 15.3. The number of carbonyl (C=O) groups is 1. The Morgan fingerprint density at radius 1 is 0.919 bits per heavy atom. The van der Waals surface area contributed by atoms with Gasteiger partial charge in [-0.05, 0) is 50.5 Å². The van der Waals surface area contributed by atoms with E-state index in [0.717, 1.165) is 40.8 Å². The molecule has 0 saturated heterocycles. The number of hydrogen-bond acceptors (Lipinski definition) is 4. The lowest BCUT2D eigenvalue weighted by atomic mass is 9.76. The topological polar surface area (TPSA) is 44.8 Å². The van der Waals surface area contributed by atoms with Crippen LogP contribution in [0, 0.1) is 12.8 Å². The van der Waals surface area contributed by atoms with Gasteiger partial charge in [-0.3, -0.25) is 0 Å². The number of hydrogen-bond donors (Lipinski definition) is 0. The SMILES string of the molecule is [CH]c1cccc(C[N+]2(C(C)C3CCCCC3)C(=O)C3(COc4cc5c(cc43)OCO5)c3ccccc32)c1. The summed E-state index contributed by atoms with van der Waals surface area (Å²) in [7, 11) is 0. The number of nitrogens with zero attached hydrogens (tertiary/aromatic N) is 1. The maximum Gasteiger partial charge on any atom is 0.338 e. The van der Waals surface area contributed by atoms with Crippen molar-refractivity contribution in [2.24, 2.45) is 5.92 Å². The predicted octanol–water partition coefficient (Wildman–Crippen LogP) is 6.17. The first-order valence-electron chi connectivity index (χ1n) is 13.5. The molecule has 3 aliphatic heterocycles. The minimum absolute atomic E-state index is 0.118. The fourth-order valence-electron chi connectivity index (χ4n) is 7.45. The van der Waals surface area contributed by atoms with E-state index in [1.54, 1.807) is 0 Å². The number of ether oxygens (including phenoxy) is 3. The van der Waals surface area contributed by atoms with Crippen molar-refractivity contribution >= 4 is 11.6 Å². The Morgan fingerprint density at radius 3 is 2.51 bits per heavy atom. The molecule has 1 aliphatic carbocycles. The quantitative estimate of drug-likeness (QED) is 0.407. The van der Waals surface area contributed by atoms with Crippen LogP contribution in [0.2, 0.25) is 0 Å². The van der Waals surface area contributed by atoms with Gasteiger partial charge in [0.2, 0.25) is 6.79 Å². The Kier molecular flexibility index (Phi) is 5.16. The van der Waals surface area contributed by atoms with E-state index >= 15 is 4.79 Å². The Morgan fingerprint density at radius 2 is 1.70 bits per heavy atom. The average Bonchev–Trinajstić information content (AvgIpc) is 3.59. The lowest BCUT2D eigenvalue weighted by molar-refractivity contribution is -0.137. The highest BCUT2D eigenvalue weighted by molar-refractivity contribution is 6.08. The van der Waals surface area contributed by atoms with Gasteiger partial charge in [0, 0.05) is 28.7 Å². The van der Waals surface area contributed by atoms with Gasteiger partial charge in [-0.1, -0.05) is 55.7 Å². The molecule has 5 heteroatoms. The fourth-order valence-corrected chi connectivity index (χ4v) is 7.45. The van der Waals surface area contributed by atoms with Crippen LogP contribution in [0.15, 0.2) is 60.7 Å². The van der Waals surface area contributed by atoms with Gasteiger partial charge in [0.25, 0.3) is 0 Å². The third-order valence-corrected chi connectivity index (χ3v) is 9.31. The van der Waals surface area contributed by atoms with Gasteiger partial charge in [-0.15, -0.1) is 0 Å². The van der Waals surface area contributed by atoms with Gasteiger partial charge in [0.1, 0.15) is 30.6 Å². The molecule has 1 saturated carbocycles. The summed E-state index contributed by atoms with van der Waals surface area (Å²) in [5.41, 5.74) is 3.92. The second kappa shape index (κ2) is 8.35. The molecule has 3 aromatic rings. The van der Waals surface area contributed by atoms with Crippen molar-refractivity contribution < 1.29 is 19.0 Å². The summed E-state index contributed by atoms with van der Waals surface area (Å²) in [5, 5.41) is 0. The third kappa shape index (κ3) is 3.16. The van der Waals surface area contributed by atoms with Crippen LogP contribution in [0.25, 0.3) is 0 Å². The van der Waals surface area contributed by atoms with Crippen LogP contribution in [0.4, 0.5) is 5.69 Å². The number of rotatable bonds is 4. The molecular weight excluding hydrogens is 462 g/mol. The Balaban J connectivity index is 1.45. The average molecular weight is 495 g/mol. The van der Waals surface area contributed by atoms with Crippen molar-refractivity contribution in [3.8, 4) is 17.2 Å². The van der Waals surface area contributed by atoms with Crippen molar-refractivity contribution in [3.63, 3.8) is 0 Å². The molecule has 3 atom stereocenters. The first kappa shape index (κ1) is 22.9. The molecule has 3 heterocycles. The molecular formula is C32H32NO4+. The number of fused-ring (bicyclic) bond motifs is 5. The van der Waals surface area contributed by atoms with Gasteiger partial charge < -0.3 is 14.2 Å². The van der Waals surface area contributed by atoms with Gasteiger partial charge in [0.05, 0.1) is 0 Å². The lowest BCUT2D eigenvalue weighted by Gasteiger charge is -2.43. The zero-order chi connectivity index (χ0) is 25.2. The van der Waals surface area contributed by atoms with E-state index in [9.17, 15) is 0 Å². The summed E-state index contributed by atoms with van der Waals surface area (Å²) in [6.07, 6.45) is 6.05. The first-order valence-corrected chi connectivity index (χ1v) is 13.5. The second-order valence-electron chi connectivity index (χ2n) is 11.1. The highest BCUT2D eigenvalue weighted by Gasteiger charge is 2.68. The molecule has 0 N–H and O–H groups in total. The molecule has 188 valence electrons. The summed E-state index contributed by atoms with van der Waals surface area (Å²) in [6.45, 7) is 9.56. The molecule has 3 aromatic carbocycles. The van der Waals surface area contributed by atoms with Gasteiger partial charge in [-0.25, -0.2) is 9.28 Å². The van der Waals surface area contributed by atoms with Crippen LogP contribution in [-0.4, -0.2) is 25.3 Å². The predicted molar refractivity (Wildman–Crippen MR) is 142 cm³/mol. The van der Waals surface area contributed by atoms with Crippen LogP contribution in [0.3, 0.4) is 0 Å². The summed E-state index contributed by atoms with van der Waals surface area (Å²) >= 11 is 0. The number of quaternary nitrogens is 1. The van der Waals surface area contributed by atoms with Crippen LogP contribution in [-0.2, 0) is 16.8 Å². The highest BCUT2D eigenvalue weighted by atomic mass is 16.7. The van der Waals surface area contributed by atoms with Crippen molar-refractivity contribution in [1.82, 2.24) is 4.48 Å². The molecule has 7 rings (SSSR count). The zero-order valence-electron chi connectivity index (χ0n) is 21.2. The van der Waals surface area contributed by atoms with Gasteiger partial charge in [-0.2, -0.15) is 0 Å². The molecule has 4 aliphatic rings. The fraction of sp³-hybridized carbons (Fsp3) is 0.375. The van der Waals surface area contributed by atoms with E-state index in [-0.39, 0.29) is 29.8 Å². The molecule has 0 aromatic heterocycles. The second-order valence-corrected chi connectivity index (χ2v) is 11.1. The molecule has 2 radical (unpaired) electrons. The van der Waals surface area contributed by atoms with Gasteiger partial charge >= 0.3 is 5.91 Å². The van der Waals surface area contributed by atoms with E-state index < -0.39 is 5.41 Å². The molecule has 1 fully saturated rings. The Labute approximate surface area is 218 Å². The number of benzene rings is 3. The van der Waals surface area contributed by atoms with E-state index in [1.807, 2.05) is 36.4 Å². The minimum atomic E-state index is -0.893. The monoisotopic (exact) mass is 494 g/mol. The van der Waals surface area contributed by atoms with E-state index in [2.05, 4.69) is 31.2 Å². The molecule has 1 spiro atoms. The van der Waals surface area contributed by atoms with E-state index in [4.69, 9.17) is 21.1 Å². The minimum Gasteiger partial charge on any atom is -0.491 e. The van der Waals surface area contributed by atoms with Gasteiger partial charge in [0.15, 0.2) is 16.9 Å². The first-order chi connectivity index (χ1) is 18.0. The largest absolute Gasteiger partial charge is 0.491 e. The molecule has 0 bridgehead atoms. The number of para-hydroxylation sites is 1. The van der Waals surface area contributed by atoms with Crippen LogP contribution in [0.1, 0.15) is 61.3 Å². The van der Waals surface area contributed by atoms with E-state index in [0.29, 0.717) is 29.7 Å². The molecule has 5 nitrogen and oxygen atoms in total. The summed E-state index contributed by atoms with van der Waals surface area (Å²) < 4.78 is 17.9. The smallest absolute Gasteiger partial charge is 0.338 e. The normalized spacial score (nSPS) is 26.7. The zero-order valence-corrected chi connectivity index (χ0v) is 21.2. The van der Waals surface area contributed by atoms with Crippen molar-refractivity contribution in [2.45, 2.75) is 57.0 Å². The molecule has 1 amide bonds. The maximum absolute atomic E-state index is 15.3. The molecule has 3 unspecified atom stereocenters. The van der Waals surface area contributed by atoms with Crippen molar-refractivity contribution in [3.05, 3.63) is 89.8 Å². The summed E-state index contributed by atoms with van der Waals surface area (Å²) in [4.78, 5) is 15.3. The Bertz CT molecular complexity index is 1390. The molecule has 37 heavy (non-hydrogen) atoms. The van der Waals surface area contributed by atoms with Crippen LogP contribution < -0.4 is 18.7 Å². The standard InChI is InChI=1S/C32H32NO4/c1-21-9-8-10-23(15-21)18-33(22(2)24-11-4-3-5-12-24)27-14-7-6-13-25(27)32(31(33)34)19-35-28-17-30-29(16-26(28)32)36-20-37-30/h1,6-10,13-17,22,24H,3-5,11-12,18-20H2,2H3/q+1.